The van der Waals surface area contributed by atoms with Crippen LogP contribution in [0.5, 0.6) is 0 Å². The minimum absolute atomic E-state index is 0.00168. The Morgan fingerprint density at radius 2 is 0.865 bits per heavy atom. The van der Waals surface area contributed by atoms with E-state index in [2.05, 4.69) is 0 Å². The molecule has 1 heterocycles. The highest BCUT2D eigenvalue weighted by Crippen LogP contribution is 2.67. The summed E-state index contributed by atoms with van der Waals surface area (Å²) >= 11 is 0. The van der Waals surface area contributed by atoms with Crippen molar-refractivity contribution in [1.29, 1.82) is 0 Å². The van der Waals surface area contributed by atoms with E-state index >= 15 is 0 Å². The van der Waals surface area contributed by atoms with E-state index in [9.17, 15) is 19.2 Å². The second-order valence-electron chi connectivity index (χ2n) is 21.9. The molecule has 0 N–H and O–H groups in total. The summed E-state index contributed by atoms with van der Waals surface area (Å²) in [6.07, 6.45) is 16.9. The van der Waals surface area contributed by atoms with E-state index in [1.54, 1.807) is 20.8 Å². The maximum absolute atomic E-state index is 14.1. The Morgan fingerprint density at radius 3 is 1.23 bits per heavy atom. The Hall–Kier alpha value is -2.00. The lowest BCUT2D eigenvalue weighted by atomic mass is 9.47. The van der Waals surface area contributed by atoms with Crippen molar-refractivity contribution in [3.8, 4) is 0 Å². The average molecular weight is 721 g/mol. The Labute approximate surface area is 308 Å². The maximum Gasteiger partial charge on any atom is 0.319 e. The lowest BCUT2D eigenvalue weighted by Gasteiger charge is -2.64. The third-order valence-electron chi connectivity index (χ3n) is 16.7. The minimum Gasteiger partial charge on any atom is -0.464 e. The van der Waals surface area contributed by atoms with Gasteiger partial charge in [0.15, 0.2) is 5.79 Å². The molecular weight excluding hydrogens is 660 g/mol. The topological polar surface area (TPSA) is 114 Å². The molecule has 13 rings (SSSR count). The van der Waals surface area contributed by atoms with Gasteiger partial charge in [0.05, 0.1) is 40.3 Å². The zero-order valence-corrected chi connectivity index (χ0v) is 31.7. The molecule has 1 saturated heterocycles. The van der Waals surface area contributed by atoms with E-state index in [-0.39, 0.29) is 67.0 Å². The fourth-order valence-corrected chi connectivity index (χ4v) is 15.3. The molecule has 286 valence electrons. The average Bonchev–Trinajstić information content (AvgIpc) is 3.07. The van der Waals surface area contributed by atoms with E-state index in [4.69, 9.17) is 23.7 Å². The van der Waals surface area contributed by atoms with Crippen molar-refractivity contribution in [2.75, 3.05) is 26.4 Å². The lowest BCUT2D eigenvalue weighted by Crippen LogP contribution is -2.68. The number of rotatable bonds is 7. The van der Waals surface area contributed by atoms with E-state index in [1.807, 2.05) is 0 Å². The quantitative estimate of drug-likeness (QED) is 0.153. The zero-order chi connectivity index (χ0) is 35.9. The first kappa shape index (κ1) is 34.5. The van der Waals surface area contributed by atoms with Gasteiger partial charge in [0.2, 0.25) is 0 Å². The van der Waals surface area contributed by atoms with Crippen molar-refractivity contribution >= 4 is 23.9 Å². The first-order valence-electron chi connectivity index (χ1n) is 21.1. The number of hydrogen-bond donors (Lipinski definition) is 0. The molecule has 2 atom stereocenters. The Kier molecular flexibility index (Phi) is 7.64. The van der Waals surface area contributed by atoms with Crippen molar-refractivity contribution in [1.82, 2.24) is 0 Å². The van der Waals surface area contributed by atoms with Crippen molar-refractivity contribution in [3.63, 3.8) is 0 Å². The molecule has 2 unspecified atom stereocenters. The normalized spacial score (nSPS) is 50.4. The summed E-state index contributed by atoms with van der Waals surface area (Å²) in [4.78, 5) is 54.6. The van der Waals surface area contributed by atoms with Crippen LogP contribution in [0.25, 0.3) is 0 Å². The molecule has 9 nitrogen and oxygen atoms in total. The SMILES string of the molecule is CC(C)(C)C(=O)OC(=O)C12CC3CC(C1)C1(OCC(COC(=O)C45CC6CC(CC(C6)C4)C5)(COC(=O)C45CC6CC(CC(C6)C4)C5)CO1)C(C3)C2. The van der Waals surface area contributed by atoms with Crippen LogP contribution < -0.4 is 0 Å². The Morgan fingerprint density at radius 1 is 0.519 bits per heavy atom. The second kappa shape index (κ2) is 11.5. The van der Waals surface area contributed by atoms with Crippen LogP contribution in [0.3, 0.4) is 0 Å². The first-order chi connectivity index (χ1) is 24.7. The minimum atomic E-state index is -0.841. The molecule has 1 spiro atoms. The van der Waals surface area contributed by atoms with Crippen LogP contribution in [-0.2, 0) is 42.9 Å². The molecule has 0 aromatic carbocycles. The van der Waals surface area contributed by atoms with Gasteiger partial charge in [-0.2, -0.15) is 0 Å². The third kappa shape index (κ3) is 5.33. The van der Waals surface area contributed by atoms with Gasteiger partial charge in [0.1, 0.15) is 13.2 Å². The molecular formula is C43H60O9. The monoisotopic (exact) mass is 720 g/mol. The highest BCUT2D eigenvalue weighted by atomic mass is 16.7. The fraction of sp³-hybridized carbons (Fsp3) is 0.907. The molecule has 0 aromatic rings. The summed E-state index contributed by atoms with van der Waals surface area (Å²) in [5.41, 5.74) is -2.99. The van der Waals surface area contributed by atoms with Crippen molar-refractivity contribution in [2.45, 2.75) is 136 Å². The summed E-state index contributed by atoms with van der Waals surface area (Å²) < 4.78 is 32.2. The summed E-state index contributed by atoms with van der Waals surface area (Å²) in [5, 5.41) is 0. The van der Waals surface area contributed by atoms with E-state index in [1.165, 1.54) is 38.5 Å². The predicted molar refractivity (Wildman–Crippen MR) is 187 cm³/mol. The van der Waals surface area contributed by atoms with E-state index in [0.29, 0.717) is 54.3 Å². The van der Waals surface area contributed by atoms with Crippen molar-refractivity contribution < 1.29 is 42.9 Å². The Balaban J connectivity index is 0.865. The molecule has 0 amide bonds. The smallest absolute Gasteiger partial charge is 0.319 e. The third-order valence-corrected chi connectivity index (χ3v) is 16.7. The van der Waals surface area contributed by atoms with E-state index in [0.717, 1.165) is 57.8 Å². The Bertz CT molecular complexity index is 1380. The van der Waals surface area contributed by atoms with Crippen LogP contribution in [-0.4, -0.2) is 56.1 Å². The molecule has 12 bridgehead atoms. The van der Waals surface area contributed by atoms with Gasteiger partial charge < -0.3 is 23.7 Å². The highest BCUT2D eigenvalue weighted by Gasteiger charge is 2.69. The summed E-state index contributed by atoms with van der Waals surface area (Å²) in [6.45, 7) is 6.08. The van der Waals surface area contributed by atoms with Crippen LogP contribution in [0.1, 0.15) is 130 Å². The standard InChI is InChI=1S/C43H60O9/c1-38(2,3)34(44)52-37(47)42-18-31-10-32(19-42)43(33(11-31)20-42)50-23-39(24-51-43,21-48-35(45)40-12-25-4-26(13-40)6-27(5-25)14-40)22-49-36(46)41-15-28-7-29(16-41)9-30(8-28)17-41/h25-33H,4-24H2,1-3H3. The van der Waals surface area contributed by atoms with Crippen LogP contribution in [0.2, 0.25) is 0 Å². The second-order valence-corrected chi connectivity index (χ2v) is 21.9. The molecule has 12 saturated carbocycles. The molecule has 13 aliphatic rings. The van der Waals surface area contributed by atoms with Crippen molar-refractivity contribution in [3.05, 3.63) is 0 Å². The molecule has 0 aromatic heterocycles. The van der Waals surface area contributed by atoms with Gasteiger partial charge in [-0.1, -0.05) is 0 Å². The molecule has 0 radical (unpaired) electrons. The largest absolute Gasteiger partial charge is 0.464 e. The van der Waals surface area contributed by atoms with Gasteiger partial charge in [-0.3, -0.25) is 19.2 Å². The summed E-state index contributed by atoms with van der Waals surface area (Å²) in [6, 6.07) is 0. The number of hydrogen-bond acceptors (Lipinski definition) is 9. The van der Waals surface area contributed by atoms with Gasteiger partial charge in [-0.05, 0) is 171 Å². The highest BCUT2D eigenvalue weighted by molar-refractivity contribution is 5.91. The van der Waals surface area contributed by atoms with Gasteiger partial charge in [0, 0.05) is 11.8 Å². The number of ether oxygens (including phenoxy) is 5. The predicted octanol–water partition coefficient (Wildman–Crippen LogP) is 7.18. The van der Waals surface area contributed by atoms with E-state index < -0.39 is 28.0 Å². The van der Waals surface area contributed by atoms with Crippen LogP contribution in [0.15, 0.2) is 0 Å². The van der Waals surface area contributed by atoms with Gasteiger partial charge in [-0.25, -0.2) is 0 Å². The van der Waals surface area contributed by atoms with Gasteiger partial charge in [-0.15, -0.1) is 0 Å². The molecule has 1 aliphatic heterocycles. The lowest BCUT2D eigenvalue weighted by molar-refractivity contribution is -0.391. The maximum atomic E-state index is 14.1. The summed E-state index contributed by atoms with van der Waals surface area (Å²) in [7, 11) is 0. The molecule has 52 heavy (non-hydrogen) atoms. The number of carbonyl (C=O) groups excluding carboxylic acids is 4. The molecule has 12 aliphatic carbocycles. The van der Waals surface area contributed by atoms with Crippen LogP contribution in [0, 0.1) is 80.3 Å². The van der Waals surface area contributed by atoms with Crippen LogP contribution in [0.4, 0.5) is 0 Å². The molecule has 13 fully saturated rings. The number of esters is 4. The van der Waals surface area contributed by atoms with Gasteiger partial charge >= 0.3 is 23.9 Å². The van der Waals surface area contributed by atoms with Crippen molar-refractivity contribution in [2.24, 2.45) is 80.3 Å². The zero-order valence-electron chi connectivity index (χ0n) is 31.7. The number of carbonyl (C=O) groups is 4. The van der Waals surface area contributed by atoms with Gasteiger partial charge in [0.25, 0.3) is 0 Å². The fourth-order valence-electron chi connectivity index (χ4n) is 15.3. The molecule has 9 heteroatoms. The first-order valence-corrected chi connectivity index (χ1v) is 21.1. The van der Waals surface area contributed by atoms with Crippen LogP contribution >= 0.6 is 0 Å². The summed E-state index contributed by atoms with van der Waals surface area (Å²) in [5.74, 6) is 2.33.